The lowest BCUT2D eigenvalue weighted by molar-refractivity contribution is 0.107. The van der Waals surface area contributed by atoms with Gasteiger partial charge in [-0.15, -0.1) is 0 Å². The molecule has 0 bridgehead atoms. The molecule has 6 heteroatoms. The number of carbonyl (C=O) groups excluding carboxylic acids is 1. The van der Waals surface area contributed by atoms with Crippen LogP contribution in [0.2, 0.25) is 0 Å². The molecule has 0 saturated heterocycles. The quantitative estimate of drug-likeness (QED) is 0.722. The van der Waals surface area contributed by atoms with Gasteiger partial charge in [-0.05, 0) is 18.5 Å². The normalized spacial score (nSPS) is 10.7. The van der Waals surface area contributed by atoms with Gasteiger partial charge in [0.15, 0.2) is 0 Å². The summed E-state index contributed by atoms with van der Waals surface area (Å²) in [5.41, 5.74) is -1.54. The number of nitrogens with zero attached hydrogens (tertiary/aromatic N) is 1. The fourth-order valence-corrected chi connectivity index (χ4v) is 1.01. The van der Waals surface area contributed by atoms with Crippen LogP contribution < -0.4 is 0 Å². The maximum Gasteiger partial charge on any atom is 0.280 e. The van der Waals surface area contributed by atoms with Gasteiger partial charge in [0.2, 0.25) is 0 Å². The molecule has 0 radical (unpaired) electrons. The van der Waals surface area contributed by atoms with E-state index in [9.17, 15) is 18.0 Å². The van der Waals surface area contributed by atoms with E-state index < -0.39 is 28.9 Å². The molecular weight excluding hydrogens is 219 g/mol. The summed E-state index contributed by atoms with van der Waals surface area (Å²) < 4.78 is 37.5. The zero-order valence-electron chi connectivity index (χ0n) is 7.02. The number of carbonyl (C=O) groups is 1. The molecule has 0 spiro atoms. The van der Waals surface area contributed by atoms with Crippen LogP contribution in [0.4, 0.5) is 13.2 Å². The summed E-state index contributed by atoms with van der Waals surface area (Å²) in [6.07, 6.45) is -2.93. The second kappa shape index (κ2) is 3.96. The average Bonchev–Trinajstić information content (AvgIpc) is 2.08. The second-order valence-corrected chi connectivity index (χ2v) is 2.92. The summed E-state index contributed by atoms with van der Waals surface area (Å²) in [5, 5.41) is -1.06. The van der Waals surface area contributed by atoms with Gasteiger partial charge in [-0.3, -0.25) is 4.79 Å². The summed E-state index contributed by atoms with van der Waals surface area (Å²) in [5.74, 6) is -0.917. The molecule has 0 aliphatic heterocycles. The molecule has 0 atom stereocenters. The van der Waals surface area contributed by atoms with Gasteiger partial charge in [-0.1, -0.05) is 0 Å². The zero-order valence-corrected chi connectivity index (χ0v) is 7.78. The topological polar surface area (TPSA) is 30.0 Å². The largest absolute Gasteiger partial charge is 0.280 e. The van der Waals surface area contributed by atoms with Gasteiger partial charge < -0.3 is 0 Å². The molecule has 1 aromatic rings. The van der Waals surface area contributed by atoms with Crippen LogP contribution in [0.5, 0.6) is 0 Å². The molecule has 1 rings (SSSR count). The Hall–Kier alpha value is -1.10. The van der Waals surface area contributed by atoms with E-state index in [4.69, 9.17) is 11.6 Å². The molecular formula is C8H5ClF3NO. The van der Waals surface area contributed by atoms with Crippen molar-refractivity contribution in [3.63, 3.8) is 0 Å². The first-order valence-corrected chi connectivity index (χ1v) is 3.96. The van der Waals surface area contributed by atoms with Crippen LogP contribution in [-0.4, -0.2) is 10.2 Å². The van der Waals surface area contributed by atoms with Crippen molar-refractivity contribution in [3.05, 3.63) is 28.8 Å². The van der Waals surface area contributed by atoms with E-state index in [-0.39, 0.29) is 5.56 Å². The van der Waals surface area contributed by atoms with Crippen LogP contribution in [-0.2, 0) is 0 Å². The van der Waals surface area contributed by atoms with Gasteiger partial charge in [0.25, 0.3) is 11.7 Å². The lowest BCUT2D eigenvalue weighted by Gasteiger charge is -2.05. The van der Waals surface area contributed by atoms with E-state index in [1.807, 2.05) is 0 Å². The Morgan fingerprint density at radius 1 is 1.57 bits per heavy atom. The van der Waals surface area contributed by atoms with Crippen LogP contribution in [0.1, 0.15) is 28.2 Å². The minimum absolute atomic E-state index is 0.276. The molecule has 0 aliphatic carbocycles. The van der Waals surface area contributed by atoms with Crippen molar-refractivity contribution in [2.24, 2.45) is 0 Å². The van der Waals surface area contributed by atoms with E-state index in [2.05, 4.69) is 4.98 Å². The summed E-state index contributed by atoms with van der Waals surface area (Å²) in [6.45, 7) is 1.16. The van der Waals surface area contributed by atoms with Gasteiger partial charge in [-0.2, -0.15) is 0 Å². The number of rotatable bonds is 2. The summed E-state index contributed by atoms with van der Waals surface area (Å²) >= 11 is 4.99. The molecule has 0 aromatic carbocycles. The van der Waals surface area contributed by atoms with Crippen molar-refractivity contribution in [2.75, 3.05) is 0 Å². The highest BCUT2D eigenvalue weighted by Crippen LogP contribution is 2.23. The Bertz CT molecular complexity index is 381. The first-order valence-electron chi connectivity index (χ1n) is 3.58. The van der Waals surface area contributed by atoms with Gasteiger partial charge in [0, 0.05) is 11.6 Å². The van der Waals surface area contributed by atoms with Gasteiger partial charge >= 0.3 is 0 Å². The van der Waals surface area contributed by atoms with Crippen LogP contribution in [0.15, 0.2) is 6.07 Å². The Balaban J connectivity index is 3.35. The third-order valence-electron chi connectivity index (χ3n) is 1.65. The van der Waals surface area contributed by atoms with E-state index in [0.717, 1.165) is 13.0 Å². The Morgan fingerprint density at radius 3 is 2.57 bits per heavy atom. The summed E-state index contributed by atoms with van der Waals surface area (Å²) in [6, 6.07) is 0.733. The number of hydrogen-bond acceptors (Lipinski definition) is 2. The lowest BCUT2D eigenvalue weighted by Crippen LogP contribution is -2.04. The molecule has 2 nitrogen and oxygen atoms in total. The number of halogens is 4. The fourth-order valence-electron chi connectivity index (χ4n) is 0.910. The van der Waals surface area contributed by atoms with Gasteiger partial charge in [0.05, 0.1) is 0 Å². The molecule has 0 aliphatic rings. The zero-order chi connectivity index (χ0) is 10.9. The summed E-state index contributed by atoms with van der Waals surface area (Å²) in [7, 11) is 0. The van der Waals surface area contributed by atoms with Crippen LogP contribution in [0.3, 0.4) is 0 Å². The maximum atomic E-state index is 13.0. The monoisotopic (exact) mass is 223 g/mol. The number of aromatic nitrogens is 1. The predicted octanol–water partition coefficient (Wildman–Crippen LogP) is 2.85. The second-order valence-electron chi connectivity index (χ2n) is 2.57. The third-order valence-corrected chi connectivity index (χ3v) is 1.85. The van der Waals surface area contributed by atoms with Gasteiger partial charge in [-0.25, -0.2) is 18.2 Å². The maximum absolute atomic E-state index is 13.0. The molecule has 0 amide bonds. The highest BCUT2D eigenvalue weighted by Gasteiger charge is 2.18. The molecule has 0 saturated carbocycles. The lowest BCUT2D eigenvalue weighted by atomic mass is 10.2. The third kappa shape index (κ3) is 2.04. The minimum Gasteiger partial charge on any atom is -0.274 e. The average molecular weight is 224 g/mol. The highest BCUT2D eigenvalue weighted by molar-refractivity contribution is 6.67. The Labute approximate surface area is 82.7 Å². The van der Waals surface area contributed by atoms with Gasteiger partial charge in [0.1, 0.15) is 17.2 Å². The van der Waals surface area contributed by atoms with E-state index in [1.54, 1.807) is 0 Å². The molecule has 14 heavy (non-hydrogen) atoms. The highest BCUT2D eigenvalue weighted by atomic mass is 35.5. The first-order chi connectivity index (χ1) is 6.43. The number of pyridine rings is 1. The van der Waals surface area contributed by atoms with Crippen LogP contribution in [0.25, 0.3) is 0 Å². The van der Waals surface area contributed by atoms with E-state index in [1.165, 1.54) is 0 Å². The van der Waals surface area contributed by atoms with Crippen molar-refractivity contribution >= 4 is 16.8 Å². The standard InChI is InChI=1S/C8H5ClF3NO/c1-3-4(10)2-5(7(9)14)13-6(3)8(11)12/h2,8H,1H3. The molecule has 76 valence electrons. The van der Waals surface area contributed by atoms with Crippen molar-refractivity contribution in [1.29, 1.82) is 0 Å². The Morgan fingerprint density at radius 2 is 2.14 bits per heavy atom. The van der Waals surface area contributed by atoms with E-state index >= 15 is 0 Å². The van der Waals surface area contributed by atoms with Crippen molar-refractivity contribution in [2.45, 2.75) is 13.3 Å². The van der Waals surface area contributed by atoms with Crippen LogP contribution in [0, 0.1) is 12.7 Å². The SMILES string of the molecule is Cc1c(F)cc(C(=O)Cl)nc1C(F)F. The van der Waals surface area contributed by atoms with Crippen LogP contribution >= 0.6 is 11.6 Å². The van der Waals surface area contributed by atoms with Crippen molar-refractivity contribution < 1.29 is 18.0 Å². The predicted molar refractivity (Wildman–Crippen MR) is 44.1 cm³/mol. The fraction of sp³-hybridized carbons (Fsp3) is 0.250. The first kappa shape index (κ1) is 11.0. The van der Waals surface area contributed by atoms with E-state index in [0.29, 0.717) is 0 Å². The number of hydrogen-bond donors (Lipinski definition) is 0. The smallest absolute Gasteiger partial charge is 0.274 e. The van der Waals surface area contributed by atoms with Crippen molar-refractivity contribution in [3.8, 4) is 0 Å². The molecule has 0 unspecified atom stereocenters. The molecule has 1 aromatic heterocycles. The Kier molecular flexibility index (Phi) is 3.10. The molecule has 1 heterocycles. The minimum atomic E-state index is -2.93. The number of alkyl halides is 2. The van der Waals surface area contributed by atoms with Crippen molar-refractivity contribution in [1.82, 2.24) is 4.98 Å². The molecule has 0 N–H and O–H groups in total. The molecule has 0 fully saturated rings. The summed E-state index contributed by atoms with van der Waals surface area (Å²) in [4.78, 5) is 13.8.